The van der Waals surface area contributed by atoms with Crippen LogP contribution >= 0.6 is 11.3 Å². The van der Waals surface area contributed by atoms with Gasteiger partial charge in [0.15, 0.2) is 15.0 Å². The number of anilines is 1. The Morgan fingerprint density at radius 2 is 1.97 bits per heavy atom. The molecule has 1 aromatic heterocycles. The monoisotopic (exact) mass is 466 g/mol. The lowest BCUT2D eigenvalue weighted by atomic mass is 10.2. The summed E-state index contributed by atoms with van der Waals surface area (Å²) in [4.78, 5) is 16.1. The lowest BCUT2D eigenvalue weighted by Gasteiger charge is -2.15. The van der Waals surface area contributed by atoms with E-state index in [0.29, 0.717) is 5.13 Å². The Hall–Kier alpha value is -3.02. The average molecular weight is 467 g/mol. The van der Waals surface area contributed by atoms with Crippen molar-refractivity contribution in [2.45, 2.75) is 17.9 Å². The number of carbonyl (C=O) groups excluding carboxylic acids is 1. The number of aromatic nitrogens is 1. The zero-order valence-corrected chi connectivity index (χ0v) is 18.2. The van der Waals surface area contributed by atoms with Crippen molar-refractivity contribution >= 4 is 32.2 Å². The number of hydrogen-bond acceptors (Lipinski definition) is 8. The van der Waals surface area contributed by atoms with E-state index in [-0.39, 0.29) is 29.4 Å². The molecule has 2 aromatic carbocycles. The predicted molar refractivity (Wildman–Crippen MR) is 113 cm³/mol. The first kappa shape index (κ1) is 22.7. The molecule has 1 unspecified atom stereocenters. The third kappa shape index (κ3) is 6.00. The van der Waals surface area contributed by atoms with E-state index >= 15 is 0 Å². The molecule has 0 aliphatic rings. The molecule has 0 radical (unpaired) electrons. The molecule has 0 bridgehead atoms. The number of amides is 1. The molecule has 2 N–H and O–H groups in total. The summed E-state index contributed by atoms with van der Waals surface area (Å²) in [6, 6.07) is 7.70. The number of hydrogen-bond donors (Lipinski definition) is 2. The van der Waals surface area contributed by atoms with E-state index in [1.54, 1.807) is 18.5 Å². The van der Waals surface area contributed by atoms with E-state index in [1.807, 2.05) is 0 Å². The lowest BCUT2D eigenvalue weighted by molar-refractivity contribution is 0.102. The molecular formula is C20H19FN2O6S2. The van der Waals surface area contributed by atoms with Crippen LogP contribution in [-0.4, -0.2) is 43.4 Å². The number of ether oxygens (including phenoxy) is 2. The number of carbonyl (C=O) groups is 1. The van der Waals surface area contributed by atoms with Gasteiger partial charge in [-0.05, 0) is 31.2 Å². The molecule has 0 spiro atoms. The van der Waals surface area contributed by atoms with Gasteiger partial charge in [-0.15, -0.1) is 11.3 Å². The first-order valence-electron chi connectivity index (χ1n) is 8.96. The van der Waals surface area contributed by atoms with Crippen molar-refractivity contribution in [1.82, 2.24) is 4.98 Å². The Morgan fingerprint density at radius 1 is 1.23 bits per heavy atom. The Labute approximate surface area is 182 Å². The number of halogens is 1. The third-order valence-electron chi connectivity index (χ3n) is 3.93. The summed E-state index contributed by atoms with van der Waals surface area (Å²) >= 11 is 1.25. The molecule has 1 amide bonds. The smallest absolute Gasteiger partial charge is 0.257 e. The molecule has 0 fully saturated rings. The van der Waals surface area contributed by atoms with Crippen molar-refractivity contribution < 1.29 is 32.2 Å². The van der Waals surface area contributed by atoms with Gasteiger partial charge in [0.2, 0.25) is 0 Å². The number of nitrogens with one attached hydrogen (secondary N) is 1. The van der Waals surface area contributed by atoms with E-state index in [0.717, 1.165) is 18.4 Å². The quantitative estimate of drug-likeness (QED) is 0.522. The highest BCUT2D eigenvalue weighted by molar-refractivity contribution is 7.90. The summed E-state index contributed by atoms with van der Waals surface area (Å²) in [5.74, 6) is -0.998. The molecule has 0 aliphatic heterocycles. The number of rotatable bonds is 8. The van der Waals surface area contributed by atoms with E-state index in [9.17, 15) is 22.7 Å². The number of aliphatic hydroxyl groups excluding tert-OH is 1. The topological polar surface area (TPSA) is 115 Å². The summed E-state index contributed by atoms with van der Waals surface area (Å²) < 4.78 is 48.6. The van der Waals surface area contributed by atoms with Crippen LogP contribution < -0.4 is 14.8 Å². The SMILES string of the molecule is CC(CO)Oc1cc(Oc2ccc(S(C)(=O)=O)c(F)c2)cc(C(=O)Nc2nccs2)c1. The van der Waals surface area contributed by atoms with Crippen LogP contribution in [-0.2, 0) is 9.84 Å². The zero-order chi connectivity index (χ0) is 22.6. The number of sulfone groups is 1. The van der Waals surface area contributed by atoms with Gasteiger partial charge in [-0.1, -0.05) is 0 Å². The zero-order valence-electron chi connectivity index (χ0n) is 16.5. The molecule has 1 atom stereocenters. The number of aliphatic hydroxyl groups is 1. The fraction of sp³-hybridized carbons (Fsp3) is 0.200. The molecular weight excluding hydrogens is 447 g/mol. The van der Waals surface area contributed by atoms with E-state index in [4.69, 9.17) is 9.47 Å². The van der Waals surface area contributed by atoms with Gasteiger partial charge < -0.3 is 14.6 Å². The minimum absolute atomic E-state index is 0.0311. The highest BCUT2D eigenvalue weighted by atomic mass is 32.2. The Morgan fingerprint density at radius 3 is 2.58 bits per heavy atom. The summed E-state index contributed by atoms with van der Waals surface area (Å²) in [5, 5.41) is 14.0. The second kappa shape index (κ2) is 9.41. The normalized spacial score (nSPS) is 12.3. The van der Waals surface area contributed by atoms with Gasteiger partial charge in [0.25, 0.3) is 5.91 Å². The molecule has 164 valence electrons. The highest BCUT2D eigenvalue weighted by Gasteiger charge is 2.16. The molecule has 1 heterocycles. The van der Waals surface area contributed by atoms with Gasteiger partial charge in [-0.25, -0.2) is 17.8 Å². The van der Waals surface area contributed by atoms with Crippen molar-refractivity contribution in [3.05, 3.63) is 59.4 Å². The van der Waals surface area contributed by atoms with Crippen molar-refractivity contribution in [2.75, 3.05) is 18.2 Å². The Bertz CT molecular complexity index is 1180. The van der Waals surface area contributed by atoms with Gasteiger partial charge in [0.05, 0.1) is 6.61 Å². The van der Waals surface area contributed by atoms with Crippen molar-refractivity contribution in [1.29, 1.82) is 0 Å². The van der Waals surface area contributed by atoms with Crippen molar-refractivity contribution in [3.63, 3.8) is 0 Å². The van der Waals surface area contributed by atoms with Crippen LogP contribution in [0.2, 0.25) is 0 Å². The Kier molecular flexibility index (Phi) is 6.88. The fourth-order valence-corrected chi connectivity index (χ4v) is 3.79. The summed E-state index contributed by atoms with van der Waals surface area (Å²) in [7, 11) is -3.72. The second-order valence-corrected chi connectivity index (χ2v) is 9.44. The van der Waals surface area contributed by atoms with Gasteiger partial charge in [-0.2, -0.15) is 0 Å². The van der Waals surface area contributed by atoms with Gasteiger partial charge in [-0.3, -0.25) is 10.1 Å². The van der Waals surface area contributed by atoms with Crippen molar-refractivity contribution in [2.24, 2.45) is 0 Å². The van der Waals surface area contributed by atoms with Crippen molar-refractivity contribution in [3.8, 4) is 17.2 Å². The van der Waals surface area contributed by atoms with Crippen LogP contribution in [0.3, 0.4) is 0 Å². The molecule has 3 aromatic rings. The summed E-state index contributed by atoms with van der Waals surface area (Å²) in [5.41, 5.74) is 0.182. The first-order valence-corrected chi connectivity index (χ1v) is 11.7. The highest BCUT2D eigenvalue weighted by Crippen LogP contribution is 2.30. The average Bonchev–Trinajstić information content (AvgIpc) is 3.19. The van der Waals surface area contributed by atoms with E-state index in [2.05, 4.69) is 10.3 Å². The molecule has 11 heteroatoms. The maximum Gasteiger partial charge on any atom is 0.257 e. The largest absolute Gasteiger partial charge is 0.488 e. The fourth-order valence-electron chi connectivity index (χ4n) is 2.54. The molecule has 8 nitrogen and oxygen atoms in total. The minimum Gasteiger partial charge on any atom is -0.488 e. The second-order valence-electron chi connectivity index (χ2n) is 6.56. The molecule has 0 saturated carbocycles. The number of benzene rings is 2. The molecule has 0 saturated heterocycles. The predicted octanol–water partition coefficient (Wildman–Crippen LogP) is 3.49. The van der Waals surface area contributed by atoms with Gasteiger partial charge in [0, 0.05) is 35.5 Å². The first-order chi connectivity index (χ1) is 14.7. The van der Waals surface area contributed by atoms with Crippen LogP contribution in [0.1, 0.15) is 17.3 Å². The van der Waals surface area contributed by atoms with Crippen LogP contribution in [0.15, 0.2) is 52.9 Å². The van der Waals surface area contributed by atoms with Crippen LogP contribution in [0.5, 0.6) is 17.2 Å². The van der Waals surface area contributed by atoms with Gasteiger partial charge >= 0.3 is 0 Å². The van der Waals surface area contributed by atoms with E-state index < -0.39 is 32.6 Å². The van der Waals surface area contributed by atoms with E-state index in [1.165, 1.54) is 35.6 Å². The van der Waals surface area contributed by atoms with Crippen LogP contribution in [0.4, 0.5) is 9.52 Å². The maximum absolute atomic E-state index is 14.2. The van der Waals surface area contributed by atoms with Crippen LogP contribution in [0.25, 0.3) is 0 Å². The maximum atomic E-state index is 14.2. The number of thiazole rings is 1. The third-order valence-corrected chi connectivity index (χ3v) is 5.75. The Balaban J connectivity index is 1.92. The molecule has 0 aliphatic carbocycles. The molecule has 3 rings (SSSR count). The number of nitrogens with zero attached hydrogens (tertiary/aromatic N) is 1. The van der Waals surface area contributed by atoms with Crippen LogP contribution in [0, 0.1) is 5.82 Å². The molecule has 31 heavy (non-hydrogen) atoms. The summed E-state index contributed by atoms with van der Waals surface area (Å²) in [6.45, 7) is 1.39. The standard InChI is InChI=1S/C20H19FN2O6S2/c1-12(11-24)28-15-7-13(19(25)23-20-22-5-6-30-20)8-16(9-15)29-14-3-4-18(17(21)10-14)31(2,26)27/h3-10,12,24H,11H2,1-2H3,(H,22,23,25). The summed E-state index contributed by atoms with van der Waals surface area (Å²) in [6.07, 6.45) is 1.91. The lowest BCUT2D eigenvalue weighted by Crippen LogP contribution is -2.17. The minimum atomic E-state index is -3.72. The van der Waals surface area contributed by atoms with Gasteiger partial charge in [0.1, 0.15) is 34.1 Å².